The zero-order valence-corrected chi connectivity index (χ0v) is 10.8. The van der Waals surface area contributed by atoms with E-state index in [1.165, 1.54) is 0 Å². The highest BCUT2D eigenvalue weighted by Crippen LogP contribution is 2.25. The Morgan fingerprint density at radius 3 is 2.81 bits per heavy atom. The number of nitro groups is 1. The van der Waals surface area contributed by atoms with E-state index in [9.17, 15) is 14.9 Å². The van der Waals surface area contributed by atoms with Crippen LogP contribution in [-0.4, -0.2) is 17.5 Å². The number of nitrogens with zero attached hydrogens (tertiary/aromatic N) is 1. The topological polar surface area (TPSA) is 69.4 Å². The number of rotatable bonds is 4. The van der Waals surface area contributed by atoms with Crippen LogP contribution < -0.4 is 0 Å². The number of benzene rings is 1. The van der Waals surface area contributed by atoms with Gasteiger partial charge >= 0.3 is 5.97 Å². The highest BCUT2D eigenvalue weighted by atomic mass is 127. The third-order valence-corrected chi connectivity index (χ3v) is 2.76. The van der Waals surface area contributed by atoms with Crippen LogP contribution in [0.1, 0.15) is 12.5 Å². The maximum absolute atomic E-state index is 11.3. The lowest BCUT2D eigenvalue weighted by Gasteiger charge is -2.04. The van der Waals surface area contributed by atoms with E-state index in [1.807, 2.05) is 22.6 Å². The molecule has 1 rings (SSSR count). The summed E-state index contributed by atoms with van der Waals surface area (Å²) in [5.74, 6) is -0.451. The number of carbonyl (C=O) groups is 1. The van der Waals surface area contributed by atoms with Gasteiger partial charge in [0.05, 0.1) is 21.5 Å². The molecule has 1 aromatic rings. The summed E-state index contributed by atoms with van der Waals surface area (Å²) in [6.45, 7) is 1.97. The van der Waals surface area contributed by atoms with Crippen molar-refractivity contribution in [2.75, 3.05) is 6.61 Å². The molecule has 0 bridgehead atoms. The van der Waals surface area contributed by atoms with Gasteiger partial charge in [-0.05, 0) is 35.6 Å². The van der Waals surface area contributed by atoms with Crippen LogP contribution in [0.25, 0.3) is 0 Å². The summed E-state index contributed by atoms with van der Waals surface area (Å²) in [6, 6.07) is 4.88. The molecule has 86 valence electrons. The number of hydrogen-bond acceptors (Lipinski definition) is 4. The van der Waals surface area contributed by atoms with Gasteiger partial charge in [-0.25, -0.2) is 0 Å². The van der Waals surface area contributed by atoms with Gasteiger partial charge in [0.25, 0.3) is 5.69 Å². The second kappa shape index (κ2) is 5.78. The number of carbonyl (C=O) groups excluding carboxylic acids is 1. The van der Waals surface area contributed by atoms with E-state index in [-0.39, 0.29) is 18.7 Å². The van der Waals surface area contributed by atoms with Gasteiger partial charge in [-0.15, -0.1) is 0 Å². The van der Waals surface area contributed by atoms with E-state index in [1.54, 1.807) is 25.1 Å². The van der Waals surface area contributed by atoms with Gasteiger partial charge in [0.2, 0.25) is 0 Å². The van der Waals surface area contributed by atoms with Crippen molar-refractivity contribution in [1.29, 1.82) is 0 Å². The maximum Gasteiger partial charge on any atom is 0.310 e. The first-order chi connectivity index (χ1) is 7.56. The van der Waals surface area contributed by atoms with Gasteiger partial charge in [-0.3, -0.25) is 14.9 Å². The Labute approximate surface area is 106 Å². The van der Waals surface area contributed by atoms with Crippen molar-refractivity contribution < 1.29 is 14.5 Å². The van der Waals surface area contributed by atoms with Gasteiger partial charge in [0.1, 0.15) is 0 Å². The molecule has 0 fully saturated rings. The first kappa shape index (κ1) is 12.9. The summed E-state index contributed by atoms with van der Waals surface area (Å²) in [4.78, 5) is 21.6. The summed E-state index contributed by atoms with van der Waals surface area (Å²) >= 11 is 1.88. The van der Waals surface area contributed by atoms with E-state index in [0.29, 0.717) is 9.13 Å². The van der Waals surface area contributed by atoms with Crippen molar-refractivity contribution in [1.82, 2.24) is 0 Å². The Morgan fingerprint density at radius 2 is 2.25 bits per heavy atom. The molecule has 0 spiro atoms. The average Bonchev–Trinajstić information content (AvgIpc) is 2.17. The van der Waals surface area contributed by atoms with Crippen molar-refractivity contribution >= 4 is 34.2 Å². The molecule has 0 radical (unpaired) electrons. The molecule has 0 unspecified atom stereocenters. The molecule has 0 amide bonds. The largest absolute Gasteiger partial charge is 0.466 e. The molecule has 0 aromatic heterocycles. The molecule has 0 aliphatic carbocycles. The second-order valence-corrected chi connectivity index (χ2v) is 4.15. The summed E-state index contributed by atoms with van der Waals surface area (Å²) < 4.78 is 5.27. The molecule has 6 heteroatoms. The van der Waals surface area contributed by atoms with E-state index < -0.39 is 10.9 Å². The average molecular weight is 335 g/mol. The summed E-state index contributed by atoms with van der Waals surface area (Å²) in [6.07, 6.45) is -0.0685. The SMILES string of the molecule is CCOC(=O)Cc1cccc(I)c1[N+](=O)[O-]. The number of ether oxygens (including phenoxy) is 1. The predicted molar refractivity (Wildman–Crippen MR) is 66.2 cm³/mol. The molecule has 0 atom stereocenters. The van der Waals surface area contributed by atoms with Crippen molar-refractivity contribution in [3.8, 4) is 0 Å². The fourth-order valence-corrected chi connectivity index (χ4v) is 2.03. The quantitative estimate of drug-likeness (QED) is 0.366. The van der Waals surface area contributed by atoms with Gasteiger partial charge in [-0.2, -0.15) is 0 Å². The number of para-hydroxylation sites is 1. The normalized spacial score (nSPS) is 9.88. The Hall–Kier alpha value is -1.18. The van der Waals surface area contributed by atoms with Crippen molar-refractivity contribution in [2.24, 2.45) is 0 Å². The van der Waals surface area contributed by atoms with Crippen molar-refractivity contribution in [2.45, 2.75) is 13.3 Å². The maximum atomic E-state index is 11.3. The van der Waals surface area contributed by atoms with Crippen LogP contribution in [-0.2, 0) is 16.0 Å². The van der Waals surface area contributed by atoms with Crippen LogP contribution in [0.4, 0.5) is 5.69 Å². The number of halogens is 1. The van der Waals surface area contributed by atoms with E-state index in [4.69, 9.17) is 4.74 Å². The van der Waals surface area contributed by atoms with Crippen molar-refractivity contribution in [3.63, 3.8) is 0 Å². The molecule has 0 saturated heterocycles. The molecule has 5 nitrogen and oxygen atoms in total. The second-order valence-electron chi connectivity index (χ2n) is 2.99. The lowest BCUT2D eigenvalue weighted by atomic mass is 10.1. The Morgan fingerprint density at radius 1 is 1.56 bits per heavy atom. The predicted octanol–water partition coefficient (Wildman–Crippen LogP) is 2.31. The lowest BCUT2D eigenvalue weighted by molar-refractivity contribution is -0.386. The molecule has 1 aromatic carbocycles. The van der Waals surface area contributed by atoms with Gasteiger partial charge in [0, 0.05) is 5.56 Å². The Balaban J connectivity index is 3.00. The first-order valence-electron chi connectivity index (χ1n) is 4.63. The van der Waals surface area contributed by atoms with Gasteiger partial charge in [-0.1, -0.05) is 12.1 Å². The fourth-order valence-electron chi connectivity index (χ4n) is 1.27. The van der Waals surface area contributed by atoms with Crippen LogP contribution in [0.5, 0.6) is 0 Å². The highest BCUT2D eigenvalue weighted by Gasteiger charge is 2.20. The molecule has 16 heavy (non-hydrogen) atoms. The number of nitro benzene ring substituents is 1. The van der Waals surface area contributed by atoms with Crippen LogP contribution in [0.15, 0.2) is 18.2 Å². The molecular formula is C10H10INO4. The minimum Gasteiger partial charge on any atom is -0.466 e. The standard InChI is InChI=1S/C10H10INO4/c1-2-16-9(13)6-7-4-3-5-8(11)10(7)12(14)15/h3-5H,2,6H2,1H3. The molecule has 0 aliphatic rings. The fraction of sp³-hybridized carbons (Fsp3) is 0.300. The lowest BCUT2D eigenvalue weighted by Crippen LogP contribution is -2.09. The van der Waals surface area contributed by atoms with Crippen LogP contribution in [0.3, 0.4) is 0 Å². The third kappa shape index (κ3) is 3.16. The molecule has 0 saturated carbocycles. The minimum absolute atomic E-state index is 0.0175. The Bertz CT molecular complexity index is 419. The summed E-state index contributed by atoms with van der Waals surface area (Å²) in [7, 11) is 0. The first-order valence-corrected chi connectivity index (χ1v) is 5.71. The summed E-state index contributed by atoms with van der Waals surface area (Å²) in [5.41, 5.74) is 0.367. The Kier molecular flexibility index (Phi) is 4.66. The molecule has 0 N–H and O–H groups in total. The molecule has 0 aliphatic heterocycles. The summed E-state index contributed by atoms with van der Waals surface area (Å²) in [5, 5.41) is 10.8. The molecular weight excluding hydrogens is 325 g/mol. The van der Waals surface area contributed by atoms with Gasteiger partial charge < -0.3 is 4.74 Å². The van der Waals surface area contributed by atoms with E-state index in [2.05, 4.69) is 0 Å². The van der Waals surface area contributed by atoms with Crippen LogP contribution in [0.2, 0.25) is 0 Å². The van der Waals surface area contributed by atoms with Crippen molar-refractivity contribution in [3.05, 3.63) is 37.4 Å². The van der Waals surface area contributed by atoms with E-state index in [0.717, 1.165) is 0 Å². The number of hydrogen-bond donors (Lipinski definition) is 0. The zero-order chi connectivity index (χ0) is 12.1. The third-order valence-electron chi connectivity index (χ3n) is 1.89. The highest BCUT2D eigenvalue weighted by molar-refractivity contribution is 14.1. The van der Waals surface area contributed by atoms with Crippen LogP contribution in [0, 0.1) is 13.7 Å². The number of esters is 1. The van der Waals surface area contributed by atoms with Gasteiger partial charge in [0.15, 0.2) is 0 Å². The zero-order valence-electron chi connectivity index (χ0n) is 8.60. The molecule has 0 heterocycles. The monoisotopic (exact) mass is 335 g/mol. The van der Waals surface area contributed by atoms with E-state index >= 15 is 0 Å². The van der Waals surface area contributed by atoms with Crippen LogP contribution >= 0.6 is 22.6 Å². The minimum atomic E-state index is -0.476. The smallest absolute Gasteiger partial charge is 0.310 e.